The molecule has 0 unspecified atom stereocenters. The van der Waals surface area contributed by atoms with Crippen molar-refractivity contribution in [3.63, 3.8) is 0 Å². The summed E-state index contributed by atoms with van der Waals surface area (Å²) in [6.45, 7) is 1.79. The molecule has 0 fully saturated rings. The predicted octanol–water partition coefficient (Wildman–Crippen LogP) is 2.20. The highest BCUT2D eigenvalue weighted by Crippen LogP contribution is 2.05. The number of rotatable bonds is 7. The fourth-order valence-electron chi connectivity index (χ4n) is 1.73. The molecule has 1 heterocycles. The Balaban J connectivity index is 1.57. The third-order valence-electron chi connectivity index (χ3n) is 2.79. The average Bonchev–Trinajstić information content (AvgIpc) is 2.96. The van der Waals surface area contributed by atoms with Gasteiger partial charge in [0.1, 0.15) is 0 Å². The van der Waals surface area contributed by atoms with Crippen molar-refractivity contribution in [2.24, 2.45) is 0 Å². The lowest BCUT2D eigenvalue weighted by Gasteiger charge is -2.06. The average molecular weight is 274 g/mol. The van der Waals surface area contributed by atoms with Crippen LogP contribution in [0.3, 0.4) is 0 Å². The number of hydrogen-bond donors (Lipinski definition) is 2. The van der Waals surface area contributed by atoms with Gasteiger partial charge in [-0.25, -0.2) is 0 Å². The zero-order valence-corrected chi connectivity index (χ0v) is 11.6. The second-order valence-electron chi connectivity index (χ2n) is 4.32. The highest BCUT2D eigenvalue weighted by molar-refractivity contribution is 7.07. The Morgan fingerprint density at radius 1 is 1.11 bits per heavy atom. The van der Waals surface area contributed by atoms with E-state index < -0.39 is 0 Å². The van der Waals surface area contributed by atoms with Crippen molar-refractivity contribution in [1.82, 2.24) is 10.6 Å². The van der Waals surface area contributed by atoms with Gasteiger partial charge in [0.15, 0.2) is 0 Å². The number of benzene rings is 1. The van der Waals surface area contributed by atoms with Gasteiger partial charge >= 0.3 is 0 Å². The minimum Gasteiger partial charge on any atom is -0.351 e. The molecule has 2 aromatic rings. The number of thiophene rings is 1. The maximum atomic E-state index is 11.6. The topological polar surface area (TPSA) is 41.1 Å². The molecule has 0 spiro atoms. The van der Waals surface area contributed by atoms with Gasteiger partial charge in [0.05, 0.1) is 6.54 Å². The lowest BCUT2D eigenvalue weighted by molar-refractivity contribution is -0.120. The molecule has 0 saturated carbocycles. The molecule has 0 aliphatic carbocycles. The molecule has 0 atom stereocenters. The standard InChI is InChI=1S/C15H18N2OS/c18-15(17-10-13-4-2-1-3-5-13)11-16-8-6-14-7-9-19-12-14/h1-5,7,9,12,16H,6,8,10-11H2,(H,17,18). The molecule has 0 bridgehead atoms. The van der Waals surface area contributed by atoms with E-state index in [0.29, 0.717) is 13.1 Å². The van der Waals surface area contributed by atoms with E-state index in [1.165, 1.54) is 5.56 Å². The summed E-state index contributed by atoms with van der Waals surface area (Å²) >= 11 is 1.70. The van der Waals surface area contributed by atoms with Gasteiger partial charge in [0.25, 0.3) is 0 Å². The first-order chi connectivity index (χ1) is 9.34. The van der Waals surface area contributed by atoms with Gasteiger partial charge in [-0.15, -0.1) is 0 Å². The van der Waals surface area contributed by atoms with E-state index in [1.807, 2.05) is 30.3 Å². The highest BCUT2D eigenvalue weighted by Gasteiger charge is 2.00. The SMILES string of the molecule is O=C(CNCCc1ccsc1)NCc1ccccc1. The van der Waals surface area contributed by atoms with Gasteiger partial charge in [-0.05, 0) is 40.9 Å². The summed E-state index contributed by atoms with van der Waals surface area (Å²) in [5, 5.41) is 10.3. The van der Waals surface area contributed by atoms with Crippen LogP contribution in [0.1, 0.15) is 11.1 Å². The van der Waals surface area contributed by atoms with Gasteiger partial charge < -0.3 is 10.6 Å². The van der Waals surface area contributed by atoms with E-state index in [1.54, 1.807) is 11.3 Å². The van der Waals surface area contributed by atoms with Crippen molar-refractivity contribution in [2.45, 2.75) is 13.0 Å². The Morgan fingerprint density at radius 2 is 1.95 bits per heavy atom. The molecule has 4 heteroatoms. The summed E-state index contributed by atoms with van der Waals surface area (Å²) in [5.41, 5.74) is 2.44. The monoisotopic (exact) mass is 274 g/mol. The van der Waals surface area contributed by atoms with Crippen molar-refractivity contribution in [1.29, 1.82) is 0 Å². The Bertz CT molecular complexity index is 482. The number of carbonyl (C=O) groups excluding carboxylic acids is 1. The second-order valence-corrected chi connectivity index (χ2v) is 5.10. The molecule has 0 aliphatic heterocycles. The van der Waals surface area contributed by atoms with Crippen LogP contribution in [0.4, 0.5) is 0 Å². The van der Waals surface area contributed by atoms with Gasteiger partial charge in [-0.3, -0.25) is 4.79 Å². The molecule has 100 valence electrons. The minimum absolute atomic E-state index is 0.0363. The van der Waals surface area contributed by atoms with Gasteiger partial charge in [-0.2, -0.15) is 11.3 Å². The summed E-state index contributed by atoms with van der Waals surface area (Å²) in [5.74, 6) is 0.0363. The van der Waals surface area contributed by atoms with Crippen molar-refractivity contribution in [3.8, 4) is 0 Å². The smallest absolute Gasteiger partial charge is 0.234 e. The maximum Gasteiger partial charge on any atom is 0.234 e. The second kappa shape index (κ2) is 7.71. The Morgan fingerprint density at radius 3 is 2.68 bits per heavy atom. The van der Waals surface area contributed by atoms with E-state index >= 15 is 0 Å². The van der Waals surface area contributed by atoms with Gasteiger partial charge in [0, 0.05) is 6.54 Å². The van der Waals surface area contributed by atoms with Crippen LogP contribution in [0.5, 0.6) is 0 Å². The Kier molecular flexibility index (Phi) is 5.59. The zero-order valence-electron chi connectivity index (χ0n) is 10.8. The molecule has 19 heavy (non-hydrogen) atoms. The quantitative estimate of drug-likeness (QED) is 0.760. The molecule has 2 rings (SSSR count). The van der Waals surface area contributed by atoms with Crippen LogP contribution in [0.25, 0.3) is 0 Å². The van der Waals surface area contributed by atoms with E-state index in [4.69, 9.17) is 0 Å². The molecular formula is C15H18N2OS. The van der Waals surface area contributed by atoms with Gasteiger partial charge in [0.2, 0.25) is 5.91 Å². The third-order valence-corrected chi connectivity index (χ3v) is 3.52. The Labute approximate surface area is 117 Å². The highest BCUT2D eigenvalue weighted by atomic mass is 32.1. The molecular weight excluding hydrogens is 256 g/mol. The van der Waals surface area contributed by atoms with Crippen LogP contribution in [0.2, 0.25) is 0 Å². The van der Waals surface area contributed by atoms with E-state index in [2.05, 4.69) is 27.5 Å². The first kappa shape index (κ1) is 13.8. The van der Waals surface area contributed by atoms with E-state index in [-0.39, 0.29) is 5.91 Å². The molecule has 3 nitrogen and oxygen atoms in total. The van der Waals surface area contributed by atoms with Crippen molar-refractivity contribution >= 4 is 17.2 Å². The first-order valence-electron chi connectivity index (χ1n) is 6.37. The largest absolute Gasteiger partial charge is 0.351 e. The minimum atomic E-state index is 0.0363. The summed E-state index contributed by atoms with van der Waals surface area (Å²) < 4.78 is 0. The molecule has 0 saturated heterocycles. The molecule has 1 amide bonds. The van der Waals surface area contributed by atoms with Crippen molar-refractivity contribution < 1.29 is 4.79 Å². The van der Waals surface area contributed by atoms with Crippen molar-refractivity contribution in [2.75, 3.05) is 13.1 Å². The van der Waals surface area contributed by atoms with Crippen LogP contribution in [-0.4, -0.2) is 19.0 Å². The summed E-state index contributed by atoms with van der Waals surface area (Å²) in [6.07, 6.45) is 0.968. The number of hydrogen-bond acceptors (Lipinski definition) is 3. The molecule has 1 aromatic heterocycles. The van der Waals surface area contributed by atoms with Crippen molar-refractivity contribution in [3.05, 3.63) is 58.3 Å². The maximum absolute atomic E-state index is 11.6. The van der Waals surface area contributed by atoms with Gasteiger partial charge in [-0.1, -0.05) is 30.3 Å². The summed E-state index contributed by atoms with van der Waals surface area (Å²) in [6, 6.07) is 12.0. The molecule has 0 aliphatic rings. The van der Waals surface area contributed by atoms with Crippen LogP contribution in [-0.2, 0) is 17.8 Å². The fraction of sp³-hybridized carbons (Fsp3) is 0.267. The zero-order chi connectivity index (χ0) is 13.3. The number of carbonyl (C=O) groups is 1. The Hall–Kier alpha value is -1.65. The fourth-order valence-corrected chi connectivity index (χ4v) is 2.43. The first-order valence-corrected chi connectivity index (χ1v) is 7.31. The molecule has 2 N–H and O–H groups in total. The van der Waals surface area contributed by atoms with Crippen LogP contribution >= 0.6 is 11.3 Å². The normalized spacial score (nSPS) is 10.3. The molecule has 1 aromatic carbocycles. The van der Waals surface area contributed by atoms with E-state index in [0.717, 1.165) is 18.5 Å². The van der Waals surface area contributed by atoms with Crippen LogP contribution < -0.4 is 10.6 Å². The lowest BCUT2D eigenvalue weighted by Crippen LogP contribution is -2.34. The summed E-state index contributed by atoms with van der Waals surface area (Å²) in [7, 11) is 0. The third kappa shape index (κ3) is 5.24. The van der Waals surface area contributed by atoms with Crippen LogP contribution in [0.15, 0.2) is 47.2 Å². The predicted molar refractivity (Wildman–Crippen MR) is 79.2 cm³/mol. The lowest BCUT2D eigenvalue weighted by atomic mass is 10.2. The van der Waals surface area contributed by atoms with E-state index in [9.17, 15) is 4.79 Å². The number of nitrogens with one attached hydrogen (secondary N) is 2. The molecule has 0 radical (unpaired) electrons. The number of amides is 1. The summed E-state index contributed by atoms with van der Waals surface area (Å²) in [4.78, 5) is 11.6. The van der Waals surface area contributed by atoms with Crippen LogP contribution in [0, 0.1) is 0 Å².